The zero-order valence-corrected chi connectivity index (χ0v) is 23.8. The fourth-order valence-electron chi connectivity index (χ4n) is 5.60. The summed E-state index contributed by atoms with van der Waals surface area (Å²) >= 11 is 1.48. The van der Waals surface area contributed by atoms with Crippen LogP contribution in [0.2, 0.25) is 0 Å². The maximum Gasteiger partial charge on any atom is 0.246 e. The van der Waals surface area contributed by atoms with Gasteiger partial charge >= 0.3 is 0 Å². The minimum atomic E-state index is -0.612. The number of hydrogen-bond acceptors (Lipinski definition) is 7. The summed E-state index contributed by atoms with van der Waals surface area (Å²) in [6.45, 7) is 3.33. The zero-order chi connectivity index (χ0) is 28.1. The van der Waals surface area contributed by atoms with Gasteiger partial charge < -0.3 is 25.4 Å². The number of aromatic nitrogens is 1. The standard InChI is InChI=1S/C31H36N4O4S/c1-20(32-2)29(37)33-27(22-14-18-39-19-15-22)31(38)35-16-6-12-25(35)30-34-28(26(40-30)13-7-17-36)24-11-5-9-21-8-3-4-10-23(21)24/h3-5,8-11,20,22,25,27,32,36H,6,12,14-19H2,1-2H3,(H,33,37). The Morgan fingerprint density at radius 3 is 2.73 bits per heavy atom. The molecule has 3 heterocycles. The van der Waals surface area contributed by atoms with Crippen LogP contribution in [-0.4, -0.2) is 72.3 Å². The number of aliphatic hydroxyl groups excluding tert-OH is 1. The average molecular weight is 561 g/mol. The van der Waals surface area contributed by atoms with Gasteiger partial charge in [-0.15, -0.1) is 11.3 Å². The van der Waals surface area contributed by atoms with Gasteiger partial charge in [-0.2, -0.15) is 0 Å². The summed E-state index contributed by atoms with van der Waals surface area (Å²) in [6, 6.07) is 13.1. The number of carbonyl (C=O) groups is 2. The first-order valence-electron chi connectivity index (χ1n) is 14.0. The predicted molar refractivity (Wildman–Crippen MR) is 157 cm³/mol. The molecule has 2 amide bonds. The van der Waals surface area contributed by atoms with Gasteiger partial charge in [0.25, 0.3) is 0 Å². The number of rotatable bonds is 7. The van der Waals surface area contributed by atoms with Crippen LogP contribution in [0, 0.1) is 17.8 Å². The first-order valence-corrected chi connectivity index (χ1v) is 14.8. The number of nitrogens with one attached hydrogen (secondary N) is 2. The molecule has 3 N–H and O–H groups in total. The van der Waals surface area contributed by atoms with E-state index >= 15 is 0 Å². The van der Waals surface area contributed by atoms with Crippen LogP contribution in [0.1, 0.15) is 48.5 Å². The number of fused-ring (bicyclic) bond motifs is 1. The van der Waals surface area contributed by atoms with Gasteiger partial charge in [0.05, 0.1) is 17.8 Å². The lowest BCUT2D eigenvalue weighted by atomic mass is 9.90. The Bertz CT molecular complexity index is 1420. The van der Waals surface area contributed by atoms with Crippen LogP contribution in [-0.2, 0) is 14.3 Å². The number of ether oxygens (including phenoxy) is 1. The molecule has 3 unspecified atom stereocenters. The van der Waals surface area contributed by atoms with E-state index in [-0.39, 0.29) is 30.4 Å². The van der Waals surface area contributed by atoms with Gasteiger partial charge in [0.2, 0.25) is 11.8 Å². The van der Waals surface area contributed by atoms with Gasteiger partial charge in [-0.3, -0.25) is 9.59 Å². The normalized spacial score (nSPS) is 19.2. The highest BCUT2D eigenvalue weighted by atomic mass is 32.1. The van der Waals surface area contributed by atoms with Crippen LogP contribution in [0.4, 0.5) is 0 Å². The maximum absolute atomic E-state index is 14.1. The van der Waals surface area contributed by atoms with E-state index in [1.54, 1.807) is 14.0 Å². The molecule has 0 bridgehead atoms. The summed E-state index contributed by atoms with van der Waals surface area (Å²) < 4.78 is 5.55. The second kappa shape index (κ2) is 12.9. The highest BCUT2D eigenvalue weighted by Gasteiger charge is 2.40. The van der Waals surface area contributed by atoms with E-state index in [2.05, 4.69) is 40.7 Å². The highest BCUT2D eigenvalue weighted by Crippen LogP contribution is 2.40. The topological polar surface area (TPSA) is 104 Å². The molecule has 2 aliphatic heterocycles. The molecule has 3 aromatic rings. The number of nitrogens with zero attached hydrogens (tertiary/aromatic N) is 2. The number of thiazole rings is 1. The quantitative estimate of drug-likeness (QED) is 0.383. The molecule has 0 saturated carbocycles. The molecule has 40 heavy (non-hydrogen) atoms. The van der Waals surface area contributed by atoms with E-state index in [0.29, 0.717) is 19.8 Å². The average Bonchev–Trinajstić information content (AvgIpc) is 3.65. The Balaban J connectivity index is 1.49. The summed E-state index contributed by atoms with van der Waals surface area (Å²) in [6.07, 6.45) is 3.11. The molecule has 210 valence electrons. The van der Waals surface area contributed by atoms with Crippen LogP contribution >= 0.6 is 11.3 Å². The summed E-state index contributed by atoms with van der Waals surface area (Å²) in [5.74, 6) is 5.67. The lowest BCUT2D eigenvalue weighted by Crippen LogP contribution is -2.56. The minimum absolute atomic E-state index is 0.0176. The van der Waals surface area contributed by atoms with Crippen molar-refractivity contribution >= 4 is 33.9 Å². The minimum Gasteiger partial charge on any atom is -0.384 e. The Morgan fingerprint density at radius 1 is 1.18 bits per heavy atom. The molecule has 1 aromatic heterocycles. The van der Waals surface area contributed by atoms with Crippen molar-refractivity contribution in [3.63, 3.8) is 0 Å². The largest absolute Gasteiger partial charge is 0.384 e. The summed E-state index contributed by atoms with van der Waals surface area (Å²) in [7, 11) is 1.74. The van der Waals surface area contributed by atoms with E-state index in [1.165, 1.54) is 11.3 Å². The molecule has 0 radical (unpaired) electrons. The van der Waals surface area contributed by atoms with Gasteiger partial charge in [-0.05, 0) is 56.3 Å². The van der Waals surface area contributed by atoms with Crippen LogP contribution < -0.4 is 10.6 Å². The van der Waals surface area contributed by atoms with E-state index in [1.807, 2.05) is 29.2 Å². The van der Waals surface area contributed by atoms with Crippen LogP contribution in [0.15, 0.2) is 42.5 Å². The molecule has 9 heteroatoms. The van der Waals surface area contributed by atoms with Gasteiger partial charge in [0.1, 0.15) is 22.5 Å². The summed E-state index contributed by atoms with van der Waals surface area (Å²) in [4.78, 5) is 34.8. The molecule has 3 atom stereocenters. The molecule has 0 spiro atoms. The third-order valence-electron chi connectivity index (χ3n) is 7.92. The number of likely N-dealkylation sites (N-methyl/N-ethyl adjacent to an activating group) is 1. The van der Waals surface area contributed by atoms with Gasteiger partial charge in [-0.25, -0.2) is 4.98 Å². The highest BCUT2D eigenvalue weighted by molar-refractivity contribution is 7.12. The zero-order valence-electron chi connectivity index (χ0n) is 23.0. The lowest BCUT2D eigenvalue weighted by Gasteiger charge is -2.35. The van der Waals surface area contributed by atoms with Crippen LogP contribution in [0.5, 0.6) is 0 Å². The van der Waals surface area contributed by atoms with Crippen molar-refractivity contribution in [2.24, 2.45) is 5.92 Å². The molecule has 0 aliphatic carbocycles. The molecule has 2 aromatic carbocycles. The molecule has 2 saturated heterocycles. The van der Waals surface area contributed by atoms with Crippen molar-refractivity contribution in [3.05, 3.63) is 52.3 Å². The predicted octanol–water partition coefficient (Wildman–Crippen LogP) is 3.49. The van der Waals surface area contributed by atoms with E-state index < -0.39 is 12.1 Å². The third-order valence-corrected chi connectivity index (χ3v) is 8.99. The number of benzene rings is 2. The SMILES string of the molecule is CNC(C)C(=O)NC(C(=O)N1CCCC1c1nc(-c2cccc3ccccc23)c(C#CCO)s1)C1CCOCC1. The molecule has 5 rings (SSSR count). The van der Waals surface area contributed by atoms with Gasteiger partial charge in [-0.1, -0.05) is 54.3 Å². The number of aliphatic hydroxyl groups is 1. The van der Waals surface area contributed by atoms with Crippen LogP contribution in [0.25, 0.3) is 22.0 Å². The van der Waals surface area contributed by atoms with E-state index in [0.717, 1.165) is 57.6 Å². The molecule has 8 nitrogen and oxygen atoms in total. The summed E-state index contributed by atoms with van der Waals surface area (Å²) in [5, 5.41) is 18.5. The summed E-state index contributed by atoms with van der Waals surface area (Å²) in [5.41, 5.74) is 1.75. The Morgan fingerprint density at radius 2 is 1.95 bits per heavy atom. The fourth-order valence-corrected chi connectivity index (χ4v) is 6.71. The van der Waals surface area contributed by atoms with Crippen LogP contribution in [0.3, 0.4) is 0 Å². The van der Waals surface area contributed by atoms with Crippen molar-refractivity contribution in [2.45, 2.75) is 50.7 Å². The lowest BCUT2D eigenvalue weighted by molar-refractivity contribution is -0.140. The van der Waals surface area contributed by atoms with Gasteiger partial charge in [0, 0.05) is 25.3 Å². The Kier molecular flexibility index (Phi) is 9.12. The molecular weight excluding hydrogens is 524 g/mol. The first-order chi connectivity index (χ1) is 19.5. The first kappa shape index (κ1) is 28.2. The molecule has 2 fully saturated rings. The van der Waals surface area contributed by atoms with E-state index in [4.69, 9.17) is 9.72 Å². The van der Waals surface area contributed by atoms with Gasteiger partial charge in [0.15, 0.2) is 0 Å². The number of hydrogen-bond donors (Lipinski definition) is 3. The van der Waals surface area contributed by atoms with Crippen molar-refractivity contribution in [1.82, 2.24) is 20.5 Å². The molecular formula is C31H36N4O4S. The smallest absolute Gasteiger partial charge is 0.246 e. The Hall–Kier alpha value is -3.29. The second-order valence-electron chi connectivity index (χ2n) is 10.4. The number of carbonyl (C=O) groups excluding carboxylic acids is 2. The monoisotopic (exact) mass is 560 g/mol. The molecule has 2 aliphatic rings. The third kappa shape index (κ3) is 5.91. The second-order valence-corrected chi connectivity index (χ2v) is 11.4. The van der Waals surface area contributed by atoms with E-state index in [9.17, 15) is 14.7 Å². The maximum atomic E-state index is 14.1. The number of amides is 2. The van der Waals surface area contributed by atoms with Crippen molar-refractivity contribution in [2.75, 3.05) is 33.4 Å². The van der Waals surface area contributed by atoms with Crippen molar-refractivity contribution < 1.29 is 19.4 Å². The number of likely N-dealkylation sites (tertiary alicyclic amines) is 1. The van der Waals surface area contributed by atoms with Crippen molar-refractivity contribution in [1.29, 1.82) is 0 Å². The Labute approximate surface area is 239 Å². The van der Waals surface area contributed by atoms with Crippen molar-refractivity contribution in [3.8, 4) is 23.1 Å². The fraction of sp³-hybridized carbons (Fsp3) is 0.452.